The Morgan fingerprint density at radius 2 is 2.12 bits per heavy atom. The van der Waals surface area contributed by atoms with Gasteiger partial charge in [-0.05, 0) is 76.0 Å². The van der Waals surface area contributed by atoms with E-state index < -0.39 is 0 Å². The fraction of sp³-hybridized carbons (Fsp3) is 1.00. The quantitative estimate of drug-likeness (QED) is 0.765. The highest BCUT2D eigenvalue weighted by Crippen LogP contribution is 2.36. The minimum atomic E-state index is 0.662. The normalized spacial score (nSPS) is 28.9. The lowest BCUT2D eigenvalue weighted by atomic mass is 9.82. The first kappa shape index (κ1) is 13.4. The van der Waals surface area contributed by atoms with Crippen molar-refractivity contribution < 1.29 is 0 Å². The first-order valence-electron chi connectivity index (χ1n) is 7.71. The molecule has 0 aromatic rings. The van der Waals surface area contributed by atoms with Gasteiger partial charge in [0, 0.05) is 6.54 Å². The van der Waals surface area contributed by atoms with Crippen LogP contribution < -0.4 is 5.32 Å². The number of hydrogen-bond acceptors (Lipinski definition) is 2. The van der Waals surface area contributed by atoms with Crippen LogP contribution in [0.15, 0.2) is 0 Å². The molecule has 2 aliphatic heterocycles. The standard InChI is InChI=1S/C15H30N2/c1-3-15(4-2)8-11-17(13-15)10-5-6-14-7-9-16-12-14/h14,16H,3-13H2,1-2H3. The average molecular weight is 238 g/mol. The smallest absolute Gasteiger partial charge is 0.00382 e. The van der Waals surface area contributed by atoms with Crippen LogP contribution in [-0.2, 0) is 0 Å². The van der Waals surface area contributed by atoms with Crippen molar-refractivity contribution in [1.29, 1.82) is 0 Å². The fourth-order valence-corrected chi connectivity index (χ4v) is 3.61. The molecule has 2 fully saturated rings. The van der Waals surface area contributed by atoms with Gasteiger partial charge in [-0.15, -0.1) is 0 Å². The van der Waals surface area contributed by atoms with Crippen molar-refractivity contribution in [3.05, 3.63) is 0 Å². The van der Waals surface area contributed by atoms with Gasteiger partial charge in [-0.25, -0.2) is 0 Å². The summed E-state index contributed by atoms with van der Waals surface area (Å²) in [5.41, 5.74) is 0.662. The van der Waals surface area contributed by atoms with Crippen molar-refractivity contribution in [2.24, 2.45) is 11.3 Å². The van der Waals surface area contributed by atoms with Crippen LogP contribution in [0.4, 0.5) is 0 Å². The van der Waals surface area contributed by atoms with Crippen LogP contribution in [-0.4, -0.2) is 37.6 Å². The van der Waals surface area contributed by atoms with Crippen molar-refractivity contribution in [2.45, 2.75) is 52.4 Å². The van der Waals surface area contributed by atoms with Crippen molar-refractivity contribution in [3.63, 3.8) is 0 Å². The van der Waals surface area contributed by atoms with Crippen molar-refractivity contribution in [1.82, 2.24) is 10.2 Å². The second kappa shape index (κ2) is 6.19. The molecule has 0 aliphatic carbocycles. The van der Waals surface area contributed by atoms with Crippen LogP contribution in [0.1, 0.15) is 52.4 Å². The van der Waals surface area contributed by atoms with E-state index >= 15 is 0 Å². The van der Waals surface area contributed by atoms with E-state index in [0.717, 1.165) is 5.92 Å². The third-order valence-electron chi connectivity index (χ3n) is 5.27. The molecule has 0 aromatic carbocycles. The fourth-order valence-electron chi connectivity index (χ4n) is 3.61. The maximum atomic E-state index is 3.47. The molecule has 0 amide bonds. The van der Waals surface area contributed by atoms with Gasteiger partial charge in [-0.1, -0.05) is 13.8 Å². The molecule has 0 spiro atoms. The maximum Gasteiger partial charge on any atom is 0.00382 e. The molecule has 0 aromatic heterocycles. The summed E-state index contributed by atoms with van der Waals surface area (Å²) in [5.74, 6) is 0.972. The maximum absolute atomic E-state index is 3.47. The molecule has 1 N–H and O–H groups in total. The Morgan fingerprint density at radius 1 is 1.29 bits per heavy atom. The van der Waals surface area contributed by atoms with E-state index in [9.17, 15) is 0 Å². The Kier molecular flexibility index (Phi) is 4.87. The van der Waals surface area contributed by atoms with Gasteiger partial charge in [0.1, 0.15) is 0 Å². The zero-order valence-corrected chi connectivity index (χ0v) is 11.8. The van der Waals surface area contributed by atoms with E-state index in [-0.39, 0.29) is 0 Å². The number of rotatable bonds is 6. The molecule has 2 heterocycles. The van der Waals surface area contributed by atoms with Crippen LogP contribution >= 0.6 is 0 Å². The Morgan fingerprint density at radius 3 is 2.71 bits per heavy atom. The number of nitrogens with one attached hydrogen (secondary N) is 1. The van der Waals surface area contributed by atoms with E-state index in [2.05, 4.69) is 24.1 Å². The van der Waals surface area contributed by atoms with E-state index in [0.29, 0.717) is 5.41 Å². The molecule has 0 saturated carbocycles. The zero-order chi connectivity index (χ0) is 12.1. The number of likely N-dealkylation sites (tertiary alicyclic amines) is 1. The highest BCUT2D eigenvalue weighted by molar-refractivity contribution is 4.87. The summed E-state index contributed by atoms with van der Waals surface area (Å²) < 4.78 is 0. The molecule has 2 aliphatic rings. The van der Waals surface area contributed by atoms with Gasteiger partial charge in [0.15, 0.2) is 0 Å². The molecular formula is C15H30N2. The molecule has 0 radical (unpaired) electrons. The van der Waals surface area contributed by atoms with Gasteiger partial charge in [0.25, 0.3) is 0 Å². The van der Waals surface area contributed by atoms with Crippen molar-refractivity contribution in [3.8, 4) is 0 Å². The molecule has 2 heteroatoms. The topological polar surface area (TPSA) is 15.3 Å². The molecular weight excluding hydrogens is 208 g/mol. The van der Waals surface area contributed by atoms with Crippen molar-refractivity contribution in [2.75, 3.05) is 32.7 Å². The lowest BCUT2D eigenvalue weighted by molar-refractivity contribution is 0.235. The van der Waals surface area contributed by atoms with Gasteiger partial charge in [0.05, 0.1) is 0 Å². The largest absolute Gasteiger partial charge is 0.316 e. The highest BCUT2D eigenvalue weighted by atomic mass is 15.2. The summed E-state index contributed by atoms with van der Waals surface area (Å²) in [6, 6.07) is 0. The third kappa shape index (κ3) is 3.45. The summed E-state index contributed by atoms with van der Waals surface area (Å²) >= 11 is 0. The summed E-state index contributed by atoms with van der Waals surface area (Å²) in [6.45, 7) is 11.3. The number of hydrogen-bond donors (Lipinski definition) is 1. The van der Waals surface area contributed by atoms with Crippen LogP contribution in [0, 0.1) is 11.3 Å². The molecule has 2 saturated heterocycles. The average Bonchev–Trinajstić information content (AvgIpc) is 2.99. The van der Waals surface area contributed by atoms with Gasteiger partial charge in [0.2, 0.25) is 0 Å². The van der Waals surface area contributed by atoms with E-state index in [4.69, 9.17) is 0 Å². The first-order chi connectivity index (χ1) is 8.28. The first-order valence-corrected chi connectivity index (χ1v) is 7.71. The zero-order valence-electron chi connectivity index (χ0n) is 11.8. The summed E-state index contributed by atoms with van der Waals surface area (Å²) in [7, 11) is 0. The number of nitrogens with zero attached hydrogens (tertiary/aromatic N) is 1. The highest BCUT2D eigenvalue weighted by Gasteiger charge is 2.34. The molecule has 17 heavy (non-hydrogen) atoms. The Bertz CT molecular complexity index is 217. The van der Waals surface area contributed by atoms with Crippen LogP contribution in [0.3, 0.4) is 0 Å². The monoisotopic (exact) mass is 238 g/mol. The SMILES string of the molecule is CCC1(CC)CCN(CCCC2CCNC2)C1. The van der Waals surface area contributed by atoms with Crippen LogP contribution in [0.25, 0.3) is 0 Å². The Labute approximate surface area is 107 Å². The van der Waals surface area contributed by atoms with E-state index in [1.54, 1.807) is 0 Å². The summed E-state index contributed by atoms with van der Waals surface area (Å²) in [6.07, 6.45) is 8.43. The Balaban J connectivity index is 1.63. The third-order valence-corrected chi connectivity index (χ3v) is 5.27. The van der Waals surface area contributed by atoms with Crippen molar-refractivity contribution >= 4 is 0 Å². The molecule has 100 valence electrons. The lowest BCUT2D eigenvalue weighted by Crippen LogP contribution is -2.27. The van der Waals surface area contributed by atoms with Gasteiger partial charge < -0.3 is 10.2 Å². The minimum absolute atomic E-state index is 0.662. The molecule has 2 nitrogen and oxygen atoms in total. The predicted octanol–water partition coefficient (Wildman–Crippen LogP) is 2.89. The molecule has 1 atom stereocenters. The second-order valence-electron chi connectivity index (χ2n) is 6.23. The lowest BCUT2D eigenvalue weighted by Gasteiger charge is -2.26. The van der Waals surface area contributed by atoms with Gasteiger partial charge in [-0.2, -0.15) is 0 Å². The van der Waals surface area contributed by atoms with Crippen LogP contribution in [0.5, 0.6) is 0 Å². The van der Waals surface area contributed by atoms with E-state index in [1.165, 1.54) is 71.2 Å². The summed E-state index contributed by atoms with van der Waals surface area (Å²) in [4.78, 5) is 2.72. The van der Waals surface area contributed by atoms with E-state index in [1.807, 2.05) is 0 Å². The Hall–Kier alpha value is -0.0800. The predicted molar refractivity (Wildman–Crippen MR) is 74.3 cm³/mol. The van der Waals surface area contributed by atoms with Gasteiger partial charge >= 0.3 is 0 Å². The minimum Gasteiger partial charge on any atom is -0.316 e. The molecule has 0 bridgehead atoms. The summed E-state index contributed by atoms with van der Waals surface area (Å²) in [5, 5.41) is 3.47. The molecule has 2 rings (SSSR count). The van der Waals surface area contributed by atoms with Gasteiger partial charge in [-0.3, -0.25) is 0 Å². The second-order valence-corrected chi connectivity index (χ2v) is 6.23. The molecule has 1 unspecified atom stereocenters. The van der Waals surface area contributed by atoms with Crippen LogP contribution in [0.2, 0.25) is 0 Å².